The van der Waals surface area contributed by atoms with Crippen molar-refractivity contribution in [2.24, 2.45) is 0 Å². The largest absolute Gasteiger partial charge is 0.507 e. The van der Waals surface area contributed by atoms with Gasteiger partial charge in [0, 0.05) is 21.9 Å². The first-order valence-electron chi connectivity index (χ1n) is 10.0. The summed E-state index contributed by atoms with van der Waals surface area (Å²) in [4.78, 5) is 0. The molecule has 2 heteroatoms. The predicted octanol–water partition coefficient (Wildman–Crippen LogP) is 7.38. The highest BCUT2D eigenvalue weighted by molar-refractivity contribution is 6.24. The van der Waals surface area contributed by atoms with E-state index < -0.39 is 0 Å². The maximum Gasteiger partial charge on any atom is 0.132 e. The fourth-order valence-electron chi connectivity index (χ4n) is 4.75. The van der Waals surface area contributed by atoms with Crippen LogP contribution in [0.25, 0.3) is 54.2 Å². The van der Waals surface area contributed by atoms with E-state index in [1.54, 1.807) is 0 Å². The first kappa shape index (κ1) is 16.9. The van der Waals surface area contributed by atoms with Gasteiger partial charge in [0.25, 0.3) is 0 Å². The van der Waals surface area contributed by atoms with Crippen molar-refractivity contribution >= 4 is 43.1 Å². The van der Waals surface area contributed by atoms with Gasteiger partial charge in [-0.05, 0) is 32.3 Å². The van der Waals surface area contributed by atoms with Crippen molar-refractivity contribution in [2.45, 2.75) is 0 Å². The van der Waals surface area contributed by atoms with Crippen molar-refractivity contribution in [3.05, 3.63) is 97.1 Å². The monoisotopic (exact) mass is 386 g/mol. The Balaban J connectivity index is 1.92. The summed E-state index contributed by atoms with van der Waals surface area (Å²) in [6.07, 6.45) is 0. The van der Waals surface area contributed by atoms with E-state index in [1.807, 2.05) is 84.9 Å². The quantitative estimate of drug-likeness (QED) is 0.289. The highest BCUT2D eigenvalue weighted by Gasteiger charge is 2.22. The van der Waals surface area contributed by atoms with E-state index >= 15 is 0 Å². The summed E-state index contributed by atoms with van der Waals surface area (Å²) >= 11 is 0. The molecule has 0 aliphatic carbocycles. The molecule has 0 spiro atoms. The first-order chi connectivity index (χ1) is 14.8. The van der Waals surface area contributed by atoms with Gasteiger partial charge in [0.15, 0.2) is 0 Å². The molecule has 6 aromatic rings. The van der Waals surface area contributed by atoms with E-state index in [-0.39, 0.29) is 11.5 Å². The third-order valence-corrected chi connectivity index (χ3v) is 6.06. The summed E-state index contributed by atoms with van der Waals surface area (Å²) in [5.41, 5.74) is 1.34. The van der Waals surface area contributed by atoms with Crippen LogP contribution in [0.4, 0.5) is 0 Å². The molecule has 0 fully saturated rings. The minimum absolute atomic E-state index is 0.194. The molecule has 30 heavy (non-hydrogen) atoms. The van der Waals surface area contributed by atoms with Gasteiger partial charge in [0.2, 0.25) is 0 Å². The third-order valence-electron chi connectivity index (χ3n) is 6.06. The molecule has 0 heterocycles. The standard InChI is InChI=1S/C28H18O2/c29-27-23-15-7-3-11-19(23)17-9-1-5-13-21(17)25(27)26-22-14-6-2-10-18(22)20-12-4-8-16-24(20)28(26)30/h1-16,29-30H. The summed E-state index contributed by atoms with van der Waals surface area (Å²) in [7, 11) is 0. The van der Waals surface area contributed by atoms with E-state index in [2.05, 4.69) is 12.1 Å². The zero-order valence-electron chi connectivity index (χ0n) is 16.1. The van der Waals surface area contributed by atoms with Crippen LogP contribution in [0.1, 0.15) is 0 Å². The molecule has 0 aromatic heterocycles. The Kier molecular flexibility index (Phi) is 3.50. The second-order valence-electron chi connectivity index (χ2n) is 7.63. The summed E-state index contributed by atoms with van der Waals surface area (Å²) in [6, 6.07) is 31.9. The molecule has 0 unspecified atom stereocenters. The highest BCUT2D eigenvalue weighted by atomic mass is 16.3. The molecule has 2 N–H and O–H groups in total. The van der Waals surface area contributed by atoms with Crippen molar-refractivity contribution < 1.29 is 10.2 Å². The molecule has 0 radical (unpaired) electrons. The Morgan fingerprint density at radius 1 is 0.300 bits per heavy atom. The molecule has 0 aliphatic heterocycles. The molecular weight excluding hydrogens is 368 g/mol. The lowest BCUT2D eigenvalue weighted by molar-refractivity contribution is 0.476. The van der Waals surface area contributed by atoms with Crippen LogP contribution in [0.2, 0.25) is 0 Å². The average Bonchev–Trinajstić information content (AvgIpc) is 2.81. The lowest BCUT2D eigenvalue weighted by Crippen LogP contribution is -1.90. The van der Waals surface area contributed by atoms with Crippen molar-refractivity contribution in [1.29, 1.82) is 0 Å². The summed E-state index contributed by atoms with van der Waals surface area (Å²) in [6.45, 7) is 0. The van der Waals surface area contributed by atoms with Crippen molar-refractivity contribution in [2.75, 3.05) is 0 Å². The fraction of sp³-hybridized carbons (Fsp3) is 0. The minimum Gasteiger partial charge on any atom is -0.507 e. The van der Waals surface area contributed by atoms with Gasteiger partial charge in [-0.2, -0.15) is 0 Å². The number of hydrogen-bond acceptors (Lipinski definition) is 2. The van der Waals surface area contributed by atoms with Gasteiger partial charge in [0.1, 0.15) is 11.5 Å². The summed E-state index contributed by atoms with van der Waals surface area (Å²) in [5, 5.41) is 30.4. The predicted molar refractivity (Wildman–Crippen MR) is 125 cm³/mol. The van der Waals surface area contributed by atoms with Crippen LogP contribution in [0, 0.1) is 0 Å². The summed E-state index contributed by atoms with van der Waals surface area (Å²) < 4.78 is 0. The van der Waals surface area contributed by atoms with Crippen LogP contribution < -0.4 is 0 Å². The molecule has 0 bridgehead atoms. The normalized spacial score (nSPS) is 11.6. The van der Waals surface area contributed by atoms with Gasteiger partial charge in [-0.1, -0.05) is 97.1 Å². The molecular formula is C28H18O2. The molecule has 142 valence electrons. The molecule has 0 amide bonds. The molecule has 0 aliphatic rings. The number of fused-ring (bicyclic) bond motifs is 6. The fourth-order valence-corrected chi connectivity index (χ4v) is 4.75. The van der Waals surface area contributed by atoms with Gasteiger partial charge in [0.05, 0.1) is 0 Å². The van der Waals surface area contributed by atoms with Gasteiger partial charge < -0.3 is 10.2 Å². The Morgan fingerprint density at radius 2 is 0.533 bits per heavy atom. The topological polar surface area (TPSA) is 40.5 Å². The number of aromatic hydroxyl groups is 2. The van der Waals surface area contributed by atoms with Crippen LogP contribution in [0.3, 0.4) is 0 Å². The smallest absolute Gasteiger partial charge is 0.132 e. The van der Waals surface area contributed by atoms with Crippen molar-refractivity contribution in [1.82, 2.24) is 0 Å². The average molecular weight is 386 g/mol. The number of phenols is 2. The van der Waals surface area contributed by atoms with E-state index in [9.17, 15) is 10.2 Å². The van der Waals surface area contributed by atoms with Crippen LogP contribution in [0.15, 0.2) is 97.1 Å². The molecule has 0 atom stereocenters. The molecule has 0 saturated carbocycles. The van der Waals surface area contributed by atoms with Crippen LogP contribution in [-0.4, -0.2) is 10.2 Å². The SMILES string of the molecule is Oc1c(-c2c(O)c3ccccc3c3ccccc23)c2ccccc2c2ccccc12. The van der Waals surface area contributed by atoms with Gasteiger partial charge in [-0.15, -0.1) is 0 Å². The lowest BCUT2D eigenvalue weighted by Gasteiger charge is -2.18. The first-order valence-corrected chi connectivity index (χ1v) is 10.0. The third kappa shape index (κ3) is 2.19. The molecule has 2 nitrogen and oxygen atoms in total. The lowest BCUT2D eigenvalue weighted by atomic mass is 9.87. The minimum atomic E-state index is 0.194. The second-order valence-corrected chi connectivity index (χ2v) is 7.63. The van der Waals surface area contributed by atoms with Gasteiger partial charge in [-0.3, -0.25) is 0 Å². The van der Waals surface area contributed by atoms with Crippen LogP contribution in [0.5, 0.6) is 11.5 Å². The van der Waals surface area contributed by atoms with E-state index in [1.165, 1.54) is 0 Å². The zero-order valence-corrected chi connectivity index (χ0v) is 16.1. The molecule has 0 saturated heterocycles. The maximum absolute atomic E-state index is 11.4. The van der Waals surface area contributed by atoms with E-state index in [4.69, 9.17) is 0 Å². The Labute approximate surface area is 173 Å². The Morgan fingerprint density at radius 3 is 0.867 bits per heavy atom. The number of hydrogen-bond donors (Lipinski definition) is 2. The Bertz CT molecular complexity index is 1490. The van der Waals surface area contributed by atoms with E-state index in [0.717, 1.165) is 43.1 Å². The zero-order chi connectivity index (χ0) is 20.2. The number of benzene rings is 6. The molecule has 6 rings (SSSR count). The highest BCUT2D eigenvalue weighted by Crippen LogP contribution is 2.50. The van der Waals surface area contributed by atoms with Crippen LogP contribution >= 0.6 is 0 Å². The summed E-state index contributed by atoms with van der Waals surface area (Å²) in [5.74, 6) is 0.389. The maximum atomic E-state index is 11.4. The Hall–Kier alpha value is -4.04. The van der Waals surface area contributed by atoms with Crippen molar-refractivity contribution in [3.8, 4) is 22.6 Å². The van der Waals surface area contributed by atoms with Crippen molar-refractivity contribution in [3.63, 3.8) is 0 Å². The van der Waals surface area contributed by atoms with Gasteiger partial charge >= 0.3 is 0 Å². The molecule has 6 aromatic carbocycles. The van der Waals surface area contributed by atoms with Gasteiger partial charge in [-0.25, -0.2) is 0 Å². The second kappa shape index (κ2) is 6.23. The van der Waals surface area contributed by atoms with Crippen LogP contribution in [-0.2, 0) is 0 Å². The number of rotatable bonds is 1. The van der Waals surface area contributed by atoms with E-state index in [0.29, 0.717) is 11.1 Å². The number of phenolic OH excluding ortho intramolecular Hbond substituents is 2.